The molecule has 1 heterocycles. The van der Waals surface area contributed by atoms with E-state index >= 15 is 0 Å². The maximum absolute atomic E-state index is 5.54. The zero-order valence-corrected chi connectivity index (χ0v) is 12.3. The Morgan fingerprint density at radius 1 is 1.28 bits per heavy atom. The molecule has 0 atom stereocenters. The standard InChI is InChI=1S/C16H25NO/c1-11-6-15(18-5)14(16(2,3)4)8-13(11)7-12-9-17-10-12/h6,8,12,17H,7,9-10H2,1-5H3. The van der Waals surface area contributed by atoms with E-state index in [1.54, 1.807) is 7.11 Å². The molecule has 0 saturated carbocycles. The van der Waals surface area contributed by atoms with Crippen LogP contribution in [0.15, 0.2) is 12.1 Å². The first-order valence-electron chi connectivity index (χ1n) is 6.80. The minimum atomic E-state index is 0.131. The van der Waals surface area contributed by atoms with Gasteiger partial charge in [0.25, 0.3) is 0 Å². The quantitative estimate of drug-likeness (QED) is 0.886. The monoisotopic (exact) mass is 247 g/mol. The van der Waals surface area contributed by atoms with Crippen LogP contribution in [0.1, 0.15) is 37.5 Å². The fraction of sp³-hybridized carbons (Fsp3) is 0.625. The second-order valence-corrected chi connectivity index (χ2v) is 6.46. The van der Waals surface area contributed by atoms with Crippen LogP contribution in [0.4, 0.5) is 0 Å². The number of benzene rings is 1. The van der Waals surface area contributed by atoms with Gasteiger partial charge in [-0.1, -0.05) is 26.8 Å². The van der Waals surface area contributed by atoms with Crippen molar-refractivity contribution in [1.29, 1.82) is 0 Å². The summed E-state index contributed by atoms with van der Waals surface area (Å²) in [7, 11) is 1.76. The largest absolute Gasteiger partial charge is 0.496 e. The lowest BCUT2D eigenvalue weighted by Crippen LogP contribution is -2.43. The second kappa shape index (κ2) is 4.93. The highest BCUT2D eigenvalue weighted by Gasteiger charge is 2.23. The molecule has 1 aromatic carbocycles. The van der Waals surface area contributed by atoms with E-state index in [-0.39, 0.29) is 5.41 Å². The second-order valence-electron chi connectivity index (χ2n) is 6.46. The minimum absolute atomic E-state index is 0.131. The van der Waals surface area contributed by atoms with Gasteiger partial charge in [0.1, 0.15) is 5.75 Å². The van der Waals surface area contributed by atoms with Gasteiger partial charge in [-0.25, -0.2) is 0 Å². The zero-order chi connectivity index (χ0) is 13.3. The van der Waals surface area contributed by atoms with Crippen LogP contribution in [0, 0.1) is 12.8 Å². The average Bonchev–Trinajstić information content (AvgIpc) is 2.22. The van der Waals surface area contributed by atoms with Gasteiger partial charge in [-0.3, -0.25) is 0 Å². The Bertz CT molecular complexity index is 427. The normalized spacial score (nSPS) is 16.5. The molecule has 2 heteroatoms. The SMILES string of the molecule is COc1cc(C)c(CC2CNC2)cc1C(C)(C)C. The van der Waals surface area contributed by atoms with Crippen LogP contribution < -0.4 is 10.1 Å². The smallest absolute Gasteiger partial charge is 0.122 e. The van der Waals surface area contributed by atoms with Gasteiger partial charge >= 0.3 is 0 Å². The third-order valence-corrected chi connectivity index (χ3v) is 3.84. The highest BCUT2D eigenvalue weighted by molar-refractivity contribution is 5.45. The van der Waals surface area contributed by atoms with E-state index in [0.29, 0.717) is 0 Å². The van der Waals surface area contributed by atoms with Crippen molar-refractivity contribution < 1.29 is 4.74 Å². The highest BCUT2D eigenvalue weighted by Crippen LogP contribution is 2.34. The van der Waals surface area contributed by atoms with Crippen molar-refractivity contribution in [2.45, 2.75) is 39.5 Å². The summed E-state index contributed by atoms with van der Waals surface area (Å²) in [6.07, 6.45) is 1.19. The van der Waals surface area contributed by atoms with E-state index in [1.165, 1.54) is 23.1 Å². The van der Waals surface area contributed by atoms with Gasteiger partial charge < -0.3 is 10.1 Å². The Labute approximate surface area is 111 Å². The van der Waals surface area contributed by atoms with Crippen molar-refractivity contribution >= 4 is 0 Å². The van der Waals surface area contributed by atoms with E-state index in [4.69, 9.17) is 4.74 Å². The summed E-state index contributed by atoms with van der Waals surface area (Å²) < 4.78 is 5.54. The first-order valence-corrected chi connectivity index (χ1v) is 6.80. The van der Waals surface area contributed by atoms with Gasteiger partial charge in [0.05, 0.1) is 7.11 Å². The number of rotatable bonds is 3. The molecule has 1 aliphatic heterocycles. The van der Waals surface area contributed by atoms with Crippen LogP contribution in [0.3, 0.4) is 0 Å². The average molecular weight is 247 g/mol. The first kappa shape index (κ1) is 13.4. The molecule has 2 rings (SSSR count). The third-order valence-electron chi connectivity index (χ3n) is 3.84. The van der Waals surface area contributed by atoms with Crippen molar-refractivity contribution in [1.82, 2.24) is 5.32 Å². The molecule has 1 N–H and O–H groups in total. The molecule has 0 bridgehead atoms. The number of aryl methyl sites for hydroxylation is 1. The molecule has 0 amide bonds. The van der Waals surface area contributed by atoms with Gasteiger partial charge in [-0.05, 0) is 60.5 Å². The molecule has 0 aromatic heterocycles. The number of hydrogen-bond donors (Lipinski definition) is 1. The van der Waals surface area contributed by atoms with E-state index in [0.717, 1.165) is 24.8 Å². The summed E-state index contributed by atoms with van der Waals surface area (Å²) in [4.78, 5) is 0. The summed E-state index contributed by atoms with van der Waals surface area (Å²) in [6.45, 7) is 11.3. The van der Waals surface area contributed by atoms with Gasteiger partial charge in [-0.2, -0.15) is 0 Å². The maximum Gasteiger partial charge on any atom is 0.122 e. The lowest BCUT2D eigenvalue weighted by molar-refractivity contribution is 0.345. The van der Waals surface area contributed by atoms with Crippen molar-refractivity contribution in [3.05, 3.63) is 28.8 Å². The summed E-state index contributed by atoms with van der Waals surface area (Å²) in [6, 6.07) is 4.55. The number of ether oxygens (including phenoxy) is 1. The molecule has 1 saturated heterocycles. The van der Waals surface area contributed by atoms with E-state index in [2.05, 4.69) is 45.1 Å². The van der Waals surface area contributed by atoms with Gasteiger partial charge in [0.2, 0.25) is 0 Å². The molecule has 2 nitrogen and oxygen atoms in total. The summed E-state index contributed by atoms with van der Waals surface area (Å²) >= 11 is 0. The highest BCUT2D eigenvalue weighted by atomic mass is 16.5. The van der Waals surface area contributed by atoms with Crippen molar-refractivity contribution in [2.24, 2.45) is 5.92 Å². The molecular weight excluding hydrogens is 222 g/mol. The summed E-state index contributed by atoms with van der Waals surface area (Å²) in [5, 5.41) is 3.34. The zero-order valence-electron chi connectivity index (χ0n) is 12.3. The molecule has 18 heavy (non-hydrogen) atoms. The fourth-order valence-electron chi connectivity index (χ4n) is 2.50. The molecule has 0 radical (unpaired) electrons. The fourth-order valence-corrected chi connectivity index (χ4v) is 2.50. The van der Waals surface area contributed by atoms with Crippen LogP contribution in [-0.4, -0.2) is 20.2 Å². The predicted octanol–water partition coefficient (Wildman–Crippen LogP) is 3.06. The van der Waals surface area contributed by atoms with E-state index in [1.807, 2.05) is 0 Å². The maximum atomic E-state index is 5.54. The van der Waals surface area contributed by atoms with Crippen LogP contribution in [0.2, 0.25) is 0 Å². The molecule has 1 aromatic rings. The molecule has 0 unspecified atom stereocenters. The number of nitrogens with one attached hydrogen (secondary N) is 1. The van der Waals surface area contributed by atoms with Gasteiger partial charge in [0, 0.05) is 0 Å². The van der Waals surface area contributed by atoms with Crippen LogP contribution >= 0.6 is 0 Å². The predicted molar refractivity (Wildman–Crippen MR) is 76.5 cm³/mol. The first-order chi connectivity index (χ1) is 8.41. The molecule has 0 aliphatic carbocycles. The number of hydrogen-bond acceptors (Lipinski definition) is 2. The van der Waals surface area contributed by atoms with Crippen molar-refractivity contribution in [3.63, 3.8) is 0 Å². The van der Waals surface area contributed by atoms with Crippen molar-refractivity contribution in [3.8, 4) is 5.75 Å². The molecule has 0 spiro atoms. The summed E-state index contributed by atoms with van der Waals surface area (Å²) in [5.41, 5.74) is 4.28. The molecule has 1 aliphatic rings. The van der Waals surface area contributed by atoms with E-state index in [9.17, 15) is 0 Å². The molecule has 100 valence electrons. The van der Waals surface area contributed by atoms with Crippen LogP contribution in [0.5, 0.6) is 5.75 Å². The van der Waals surface area contributed by atoms with Crippen LogP contribution in [-0.2, 0) is 11.8 Å². The minimum Gasteiger partial charge on any atom is -0.496 e. The third kappa shape index (κ3) is 2.69. The lowest BCUT2D eigenvalue weighted by Gasteiger charge is -2.29. The molecule has 1 fully saturated rings. The lowest BCUT2D eigenvalue weighted by atomic mass is 9.82. The van der Waals surface area contributed by atoms with Gasteiger partial charge in [-0.15, -0.1) is 0 Å². The topological polar surface area (TPSA) is 21.3 Å². The van der Waals surface area contributed by atoms with E-state index < -0.39 is 0 Å². The Hall–Kier alpha value is -1.02. The Balaban J connectivity index is 2.35. The Kier molecular flexibility index (Phi) is 3.67. The van der Waals surface area contributed by atoms with Crippen LogP contribution in [0.25, 0.3) is 0 Å². The Morgan fingerprint density at radius 3 is 2.39 bits per heavy atom. The Morgan fingerprint density at radius 2 is 1.94 bits per heavy atom. The summed E-state index contributed by atoms with van der Waals surface area (Å²) in [5.74, 6) is 1.83. The van der Waals surface area contributed by atoms with Gasteiger partial charge in [0.15, 0.2) is 0 Å². The number of methoxy groups -OCH3 is 1. The van der Waals surface area contributed by atoms with Crippen molar-refractivity contribution in [2.75, 3.05) is 20.2 Å². The molecular formula is C16H25NO.